The van der Waals surface area contributed by atoms with Gasteiger partial charge in [-0.1, -0.05) is 61.4 Å². The summed E-state index contributed by atoms with van der Waals surface area (Å²) < 4.78 is 0. The van der Waals surface area contributed by atoms with Gasteiger partial charge in [-0.25, -0.2) is 0 Å². The second kappa shape index (κ2) is 10.1. The van der Waals surface area contributed by atoms with Crippen LogP contribution >= 0.6 is 0 Å². The first-order valence-electron chi connectivity index (χ1n) is 11.2. The Morgan fingerprint density at radius 3 is 2.31 bits per heavy atom. The SMILES string of the molecule is C/C=C/CCC1=CCC(C2CCC(c3ccc(CCC)cc3)CC2)CC1. The highest BCUT2D eigenvalue weighted by molar-refractivity contribution is 5.26. The van der Waals surface area contributed by atoms with Gasteiger partial charge in [-0.2, -0.15) is 0 Å². The molecule has 1 aromatic carbocycles. The second-order valence-corrected chi connectivity index (χ2v) is 8.61. The molecule has 0 amide bonds. The number of rotatable bonds is 7. The summed E-state index contributed by atoms with van der Waals surface area (Å²) in [5, 5.41) is 0. The fraction of sp³-hybridized carbons (Fsp3) is 0.615. The van der Waals surface area contributed by atoms with Crippen molar-refractivity contribution in [1.29, 1.82) is 0 Å². The maximum atomic E-state index is 2.59. The number of hydrogen-bond acceptors (Lipinski definition) is 0. The molecule has 1 unspecified atom stereocenters. The van der Waals surface area contributed by atoms with Crippen LogP contribution in [0.1, 0.15) is 95.1 Å². The van der Waals surface area contributed by atoms with E-state index < -0.39 is 0 Å². The number of aryl methyl sites for hydroxylation is 1. The maximum Gasteiger partial charge on any atom is -0.0162 e. The molecular formula is C26H38. The Morgan fingerprint density at radius 1 is 0.923 bits per heavy atom. The molecule has 2 aliphatic carbocycles. The van der Waals surface area contributed by atoms with Crippen LogP contribution in [-0.4, -0.2) is 0 Å². The summed E-state index contributed by atoms with van der Waals surface area (Å²) in [6.07, 6.45) is 22.0. The van der Waals surface area contributed by atoms with Crippen LogP contribution in [0, 0.1) is 11.8 Å². The van der Waals surface area contributed by atoms with Gasteiger partial charge in [0.15, 0.2) is 0 Å². The van der Waals surface area contributed by atoms with E-state index in [4.69, 9.17) is 0 Å². The largest absolute Gasteiger partial charge is 0.0917 e. The Morgan fingerprint density at radius 2 is 1.69 bits per heavy atom. The van der Waals surface area contributed by atoms with Gasteiger partial charge in [-0.05, 0) is 100 Å². The van der Waals surface area contributed by atoms with Gasteiger partial charge < -0.3 is 0 Å². The van der Waals surface area contributed by atoms with Gasteiger partial charge in [0.25, 0.3) is 0 Å². The summed E-state index contributed by atoms with van der Waals surface area (Å²) in [6.45, 7) is 4.39. The third kappa shape index (κ3) is 5.35. The Hall–Kier alpha value is -1.30. The predicted molar refractivity (Wildman–Crippen MR) is 115 cm³/mol. The third-order valence-corrected chi connectivity index (χ3v) is 6.84. The molecule has 1 fully saturated rings. The zero-order chi connectivity index (χ0) is 18.2. The first kappa shape index (κ1) is 19.5. The van der Waals surface area contributed by atoms with Gasteiger partial charge >= 0.3 is 0 Å². The van der Waals surface area contributed by atoms with Crippen LogP contribution in [-0.2, 0) is 6.42 Å². The van der Waals surface area contributed by atoms with E-state index >= 15 is 0 Å². The maximum absolute atomic E-state index is 2.59. The molecule has 0 aliphatic heterocycles. The molecule has 0 heterocycles. The van der Waals surface area contributed by atoms with Crippen molar-refractivity contribution >= 4 is 0 Å². The Labute approximate surface area is 161 Å². The van der Waals surface area contributed by atoms with Gasteiger partial charge in [0.2, 0.25) is 0 Å². The molecule has 142 valence electrons. The van der Waals surface area contributed by atoms with Crippen LogP contribution in [0.4, 0.5) is 0 Å². The lowest BCUT2D eigenvalue weighted by atomic mass is 9.70. The molecule has 0 bridgehead atoms. The van der Waals surface area contributed by atoms with E-state index in [0.29, 0.717) is 0 Å². The average Bonchev–Trinajstić information content (AvgIpc) is 2.70. The summed E-state index contributed by atoms with van der Waals surface area (Å²) in [4.78, 5) is 0. The molecule has 1 atom stereocenters. The highest BCUT2D eigenvalue weighted by Gasteiger charge is 2.29. The number of hydrogen-bond donors (Lipinski definition) is 0. The molecule has 26 heavy (non-hydrogen) atoms. The first-order chi connectivity index (χ1) is 12.8. The molecule has 0 radical (unpaired) electrons. The number of benzene rings is 1. The van der Waals surface area contributed by atoms with E-state index in [1.54, 1.807) is 11.1 Å². The zero-order valence-corrected chi connectivity index (χ0v) is 17.1. The summed E-state index contributed by atoms with van der Waals surface area (Å²) in [5.74, 6) is 2.77. The lowest BCUT2D eigenvalue weighted by molar-refractivity contribution is 0.217. The molecule has 0 nitrogen and oxygen atoms in total. The van der Waals surface area contributed by atoms with Gasteiger partial charge in [0, 0.05) is 0 Å². The fourth-order valence-corrected chi connectivity index (χ4v) is 5.17. The van der Waals surface area contributed by atoms with Crippen LogP contribution < -0.4 is 0 Å². The van der Waals surface area contributed by atoms with E-state index in [1.165, 1.54) is 76.2 Å². The second-order valence-electron chi connectivity index (χ2n) is 8.61. The quantitative estimate of drug-likeness (QED) is 0.437. The molecule has 0 spiro atoms. The van der Waals surface area contributed by atoms with Crippen LogP contribution in [0.25, 0.3) is 0 Å². The predicted octanol–water partition coefficient (Wildman–Crippen LogP) is 8.00. The molecule has 0 N–H and O–H groups in total. The lowest BCUT2D eigenvalue weighted by Gasteiger charge is -2.35. The molecule has 1 aromatic rings. The van der Waals surface area contributed by atoms with Gasteiger partial charge in [-0.3, -0.25) is 0 Å². The van der Waals surface area contributed by atoms with Crippen molar-refractivity contribution in [2.45, 2.75) is 90.4 Å². The molecule has 0 heteroatoms. The summed E-state index contributed by atoms with van der Waals surface area (Å²) in [7, 11) is 0. The van der Waals surface area contributed by atoms with Crippen LogP contribution in [0.3, 0.4) is 0 Å². The van der Waals surface area contributed by atoms with E-state index in [-0.39, 0.29) is 0 Å². The van der Waals surface area contributed by atoms with Crippen LogP contribution in [0.15, 0.2) is 48.1 Å². The summed E-state index contributed by atoms with van der Waals surface area (Å²) in [6, 6.07) is 9.56. The molecule has 3 rings (SSSR count). The van der Waals surface area contributed by atoms with E-state index in [0.717, 1.165) is 17.8 Å². The molecule has 2 aliphatic rings. The monoisotopic (exact) mass is 350 g/mol. The standard InChI is InChI=1S/C26H38/c1-3-5-6-8-22-11-15-24(16-12-22)26-19-17-25(18-20-26)23-13-9-21(7-4-2)10-14-23/h3,5,9-11,13-14,24-26H,4,6-8,12,15-20H2,1-2H3/b5-3+. The van der Waals surface area contributed by atoms with Crippen molar-refractivity contribution in [3.63, 3.8) is 0 Å². The smallest absolute Gasteiger partial charge is 0.0162 e. The van der Waals surface area contributed by atoms with E-state index in [1.807, 2.05) is 0 Å². The van der Waals surface area contributed by atoms with E-state index in [2.05, 4.69) is 56.3 Å². The topological polar surface area (TPSA) is 0 Å². The minimum Gasteiger partial charge on any atom is -0.0917 e. The van der Waals surface area contributed by atoms with Crippen molar-refractivity contribution in [3.8, 4) is 0 Å². The third-order valence-electron chi connectivity index (χ3n) is 6.84. The molecule has 0 saturated heterocycles. The van der Waals surface area contributed by atoms with Crippen molar-refractivity contribution in [1.82, 2.24) is 0 Å². The molecule has 1 saturated carbocycles. The van der Waals surface area contributed by atoms with Crippen molar-refractivity contribution < 1.29 is 0 Å². The highest BCUT2D eigenvalue weighted by Crippen LogP contribution is 2.43. The minimum atomic E-state index is 0.817. The number of allylic oxidation sites excluding steroid dienone is 4. The Bertz CT molecular complexity index is 581. The van der Waals surface area contributed by atoms with Crippen molar-refractivity contribution in [3.05, 3.63) is 59.2 Å². The Kier molecular flexibility index (Phi) is 7.59. The van der Waals surface area contributed by atoms with Crippen LogP contribution in [0.5, 0.6) is 0 Å². The molecular weight excluding hydrogens is 312 g/mol. The summed E-state index contributed by atoms with van der Waals surface area (Å²) >= 11 is 0. The molecule has 0 aromatic heterocycles. The van der Waals surface area contributed by atoms with E-state index in [9.17, 15) is 0 Å². The fourth-order valence-electron chi connectivity index (χ4n) is 5.17. The minimum absolute atomic E-state index is 0.817. The van der Waals surface area contributed by atoms with Crippen LogP contribution in [0.2, 0.25) is 0 Å². The average molecular weight is 351 g/mol. The highest BCUT2D eigenvalue weighted by atomic mass is 14.3. The first-order valence-corrected chi connectivity index (χ1v) is 11.2. The van der Waals surface area contributed by atoms with Gasteiger partial charge in [0.05, 0.1) is 0 Å². The van der Waals surface area contributed by atoms with Gasteiger partial charge in [-0.15, -0.1) is 0 Å². The zero-order valence-electron chi connectivity index (χ0n) is 17.1. The Balaban J connectivity index is 1.45. The van der Waals surface area contributed by atoms with Gasteiger partial charge in [0.1, 0.15) is 0 Å². The lowest BCUT2D eigenvalue weighted by Crippen LogP contribution is -2.22. The van der Waals surface area contributed by atoms with Crippen molar-refractivity contribution in [2.24, 2.45) is 11.8 Å². The summed E-state index contributed by atoms with van der Waals surface area (Å²) in [5.41, 5.74) is 4.82. The van der Waals surface area contributed by atoms with Crippen molar-refractivity contribution in [2.75, 3.05) is 0 Å². The normalized spacial score (nSPS) is 26.8.